The highest BCUT2D eigenvalue weighted by molar-refractivity contribution is 7.08. The maximum atomic E-state index is 11.7. The standard InChI is InChI=1S/C8H5F3OS/c9-8(10,11)7(12)2-1-6-3-4-13-5-6/h1-5H/b2-1+. The van der Waals surface area contributed by atoms with Crippen LogP contribution in [0.25, 0.3) is 6.08 Å². The zero-order valence-corrected chi connectivity index (χ0v) is 7.15. The van der Waals surface area contributed by atoms with Gasteiger partial charge in [-0.25, -0.2) is 0 Å². The summed E-state index contributed by atoms with van der Waals surface area (Å²) in [5.74, 6) is -1.83. The number of alkyl halides is 3. The Balaban J connectivity index is 2.65. The second-order valence-electron chi connectivity index (χ2n) is 2.25. The molecule has 0 bridgehead atoms. The van der Waals surface area contributed by atoms with E-state index in [1.165, 1.54) is 11.3 Å². The van der Waals surface area contributed by atoms with Crippen molar-refractivity contribution in [1.29, 1.82) is 0 Å². The Hall–Kier alpha value is -1.10. The predicted octanol–water partition coefficient (Wildman–Crippen LogP) is 2.89. The summed E-state index contributed by atoms with van der Waals surface area (Å²) in [6, 6.07) is 1.63. The molecule has 1 nitrogen and oxygen atoms in total. The van der Waals surface area contributed by atoms with Crippen LogP contribution in [0.4, 0.5) is 13.2 Å². The van der Waals surface area contributed by atoms with Crippen molar-refractivity contribution in [3.8, 4) is 0 Å². The highest BCUT2D eigenvalue weighted by Gasteiger charge is 2.35. The largest absolute Gasteiger partial charge is 0.454 e. The fourth-order valence-corrected chi connectivity index (χ4v) is 1.26. The zero-order valence-electron chi connectivity index (χ0n) is 6.34. The van der Waals surface area contributed by atoms with Gasteiger partial charge in [0.1, 0.15) is 0 Å². The van der Waals surface area contributed by atoms with Gasteiger partial charge in [0.2, 0.25) is 0 Å². The van der Waals surface area contributed by atoms with Crippen LogP contribution in [-0.2, 0) is 4.79 Å². The summed E-state index contributed by atoms with van der Waals surface area (Å²) < 4.78 is 35.0. The first-order chi connectivity index (χ1) is 6.00. The Bertz CT molecular complexity index is 311. The van der Waals surface area contributed by atoms with Crippen molar-refractivity contribution < 1.29 is 18.0 Å². The lowest BCUT2D eigenvalue weighted by Crippen LogP contribution is -2.19. The van der Waals surface area contributed by atoms with Gasteiger partial charge in [0.05, 0.1) is 0 Å². The maximum absolute atomic E-state index is 11.7. The smallest absolute Gasteiger partial charge is 0.285 e. The monoisotopic (exact) mass is 206 g/mol. The van der Waals surface area contributed by atoms with Crippen molar-refractivity contribution in [3.05, 3.63) is 28.5 Å². The molecule has 0 saturated carbocycles. The van der Waals surface area contributed by atoms with Gasteiger partial charge in [0.15, 0.2) is 0 Å². The van der Waals surface area contributed by atoms with Gasteiger partial charge in [-0.2, -0.15) is 24.5 Å². The summed E-state index contributed by atoms with van der Waals surface area (Å²) in [7, 11) is 0. The number of thiophene rings is 1. The summed E-state index contributed by atoms with van der Waals surface area (Å²) in [4.78, 5) is 10.4. The molecule has 0 radical (unpaired) electrons. The third kappa shape index (κ3) is 3.02. The van der Waals surface area contributed by atoms with Crippen molar-refractivity contribution in [2.24, 2.45) is 0 Å². The number of rotatable bonds is 2. The Morgan fingerprint density at radius 1 is 1.46 bits per heavy atom. The van der Waals surface area contributed by atoms with Gasteiger partial charge in [-0.15, -0.1) is 0 Å². The number of halogens is 3. The Morgan fingerprint density at radius 2 is 2.15 bits per heavy atom. The summed E-state index contributed by atoms with van der Waals surface area (Å²) in [6.45, 7) is 0. The fraction of sp³-hybridized carbons (Fsp3) is 0.125. The SMILES string of the molecule is O=C(/C=C/c1ccsc1)C(F)(F)F. The molecule has 0 N–H and O–H groups in total. The minimum absolute atomic E-state index is 0.530. The van der Waals surface area contributed by atoms with E-state index in [-0.39, 0.29) is 0 Å². The predicted molar refractivity (Wildman–Crippen MR) is 44.4 cm³/mol. The molecule has 0 unspecified atom stereocenters. The number of hydrogen-bond donors (Lipinski definition) is 0. The van der Waals surface area contributed by atoms with E-state index in [1.54, 1.807) is 16.8 Å². The van der Waals surface area contributed by atoms with Gasteiger partial charge in [0, 0.05) is 0 Å². The van der Waals surface area contributed by atoms with Gasteiger partial charge in [0.25, 0.3) is 5.78 Å². The van der Waals surface area contributed by atoms with E-state index in [0.29, 0.717) is 11.6 Å². The maximum Gasteiger partial charge on any atom is 0.454 e. The molecular weight excluding hydrogens is 201 g/mol. The van der Waals surface area contributed by atoms with E-state index in [9.17, 15) is 18.0 Å². The third-order valence-corrected chi connectivity index (χ3v) is 1.95. The number of hydrogen-bond acceptors (Lipinski definition) is 2. The average Bonchev–Trinajstić information content (AvgIpc) is 2.50. The molecule has 1 aromatic rings. The molecule has 0 amide bonds. The van der Waals surface area contributed by atoms with Crippen LogP contribution in [0.3, 0.4) is 0 Å². The van der Waals surface area contributed by atoms with E-state index < -0.39 is 12.0 Å². The summed E-state index contributed by atoms with van der Waals surface area (Å²) >= 11 is 1.35. The Kier molecular flexibility index (Phi) is 2.87. The normalized spacial score (nSPS) is 12.2. The molecule has 70 valence electrons. The van der Waals surface area contributed by atoms with Crippen LogP contribution in [0.2, 0.25) is 0 Å². The minimum Gasteiger partial charge on any atom is -0.285 e. The molecular formula is C8H5F3OS. The molecule has 1 aromatic heterocycles. The molecule has 0 aliphatic heterocycles. The lowest BCUT2D eigenvalue weighted by atomic mass is 10.2. The van der Waals surface area contributed by atoms with Crippen molar-refractivity contribution in [3.63, 3.8) is 0 Å². The number of carbonyl (C=O) groups excluding carboxylic acids is 1. The zero-order chi connectivity index (χ0) is 9.90. The third-order valence-electron chi connectivity index (χ3n) is 1.25. The molecule has 0 fully saturated rings. The molecule has 0 aliphatic rings. The quantitative estimate of drug-likeness (QED) is 0.680. The molecule has 0 saturated heterocycles. The van der Waals surface area contributed by atoms with Crippen LogP contribution >= 0.6 is 11.3 Å². The van der Waals surface area contributed by atoms with Gasteiger partial charge < -0.3 is 0 Å². The second-order valence-corrected chi connectivity index (χ2v) is 3.03. The summed E-state index contributed by atoms with van der Waals surface area (Å²) in [5.41, 5.74) is 0.600. The van der Waals surface area contributed by atoms with E-state index >= 15 is 0 Å². The first-order valence-corrected chi connectivity index (χ1v) is 4.26. The van der Waals surface area contributed by atoms with Crippen LogP contribution < -0.4 is 0 Å². The van der Waals surface area contributed by atoms with Crippen LogP contribution in [0.5, 0.6) is 0 Å². The lowest BCUT2D eigenvalue weighted by molar-refractivity contribution is -0.165. The van der Waals surface area contributed by atoms with Gasteiger partial charge in [-0.1, -0.05) is 6.08 Å². The molecule has 1 heterocycles. The van der Waals surface area contributed by atoms with Crippen LogP contribution in [-0.4, -0.2) is 12.0 Å². The highest BCUT2D eigenvalue weighted by Crippen LogP contribution is 2.17. The number of carbonyl (C=O) groups is 1. The van der Waals surface area contributed by atoms with Crippen molar-refractivity contribution in [2.75, 3.05) is 0 Å². The van der Waals surface area contributed by atoms with E-state index in [0.717, 1.165) is 6.08 Å². The van der Waals surface area contributed by atoms with Crippen LogP contribution in [0.1, 0.15) is 5.56 Å². The second kappa shape index (κ2) is 3.74. The van der Waals surface area contributed by atoms with Crippen molar-refractivity contribution in [2.45, 2.75) is 6.18 Å². The number of allylic oxidation sites excluding steroid dienone is 1. The van der Waals surface area contributed by atoms with Crippen LogP contribution in [0.15, 0.2) is 22.9 Å². The van der Waals surface area contributed by atoms with Crippen molar-refractivity contribution in [1.82, 2.24) is 0 Å². The Labute approximate surface area is 76.5 Å². The fourth-order valence-electron chi connectivity index (χ4n) is 0.636. The molecule has 1 rings (SSSR count). The Morgan fingerprint density at radius 3 is 2.62 bits per heavy atom. The molecule has 0 spiro atoms. The molecule has 0 aromatic carbocycles. The van der Waals surface area contributed by atoms with Gasteiger partial charge in [-0.3, -0.25) is 4.79 Å². The molecule has 0 aliphatic carbocycles. The number of ketones is 1. The van der Waals surface area contributed by atoms with E-state index in [2.05, 4.69) is 0 Å². The lowest BCUT2D eigenvalue weighted by Gasteiger charge is -1.98. The molecule has 5 heteroatoms. The van der Waals surface area contributed by atoms with Crippen LogP contribution in [0, 0.1) is 0 Å². The molecule has 0 atom stereocenters. The first-order valence-electron chi connectivity index (χ1n) is 3.31. The minimum atomic E-state index is -4.77. The van der Waals surface area contributed by atoms with E-state index in [4.69, 9.17) is 0 Å². The highest BCUT2D eigenvalue weighted by atomic mass is 32.1. The van der Waals surface area contributed by atoms with Gasteiger partial charge in [-0.05, 0) is 28.5 Å². The van der Waals surface area contributed by atoms with E-state index in [1.807, 2.05) is 0 Å². The summed E-state index contributed by atoms with van der Waals surface area (Å²) in [5, 5.41) is 3.37. The van der Waals surface area contributed by atoms with Crippen molar-refractivity contribution >= 4 is 23.2 Å². The molecule has 13 heavy (non-hydrogen) atoms. The first kappa shape index (κ1) is 9.98. The topological polar surface area (TPSA) is 17.1 Å². The van der Waals surface area contributed by atoms with Gasteiger partial charge >= 0.3 is 6.18 Å². The average molecular weight is 206 g/mol. The summed E-state index contributed by atoms with van der Waals surface area (Å²) in [6.07, 6.45) is -3.10.